The number of esters is 1. The number of carbonyl (C=O) groups is 1. The van der Waals surface area contributed by atoms with Crippen molar-refractivity contribution in [3.8, 4) is 0 Å². The number of hydrogen-bond acceptors (Lipinski definition) is 3. The van der Waals surface area contributed by atoms with E-state index in [1.807, 2.05) is 0 Å². The molecule has 0 aromatic carbocycles. The van der Waals surface area contributed by atoms with Crippen LogP contribution in [0.2, 0.25) is 0 Å². The van der Waals surface area contributed by atoms with Crippen LogP contribution < -0.4 is 0 Å². The predicted octanol–water partition coefficient (Wildman–Crippen LogP) is 1.88. The second-order valence-electron chi connectivity index (χ2n) is 4.77. The smallest absolute Gasteiger partial charge is 0.311 e. The summed E-state index contributed by atoms with van der Waals surface area (Å²) in [5.74, 6) is 1.11. The van der Waals surface area contributed by atoms with Crippen LogP contribution >= 0.6 is 0 Å². The molecule has 1 aliphatic heterocycles. The van der Waals surface area contributed by atoms with Gasteiger partial charge in [-0.2, -0.15) is 0 Å². The van der Waals surface area contributed by atoms with Gasteiger partial charge in [0.25, 0.3) is 0 Å². The van der Waals surface area contributed by atoms with Crippen molar-refractivity contribution in [2.45, 2.75) is 32.0 Å². The van der Waals surface area contributed by atoms with Gasteiger partial charge in [0.1, 0.15) is 0 Å². The van der Waals surface area contributed by atoms with Crippen molar-refractivity contribution in [3.05, 3.63) is 12.2 Å². The molecule has 15 heavy (non-hydrogen) atoms. The lowest BCUT2D eigenvalue weighted by molar-refractivity contribution is -0.175. The summed E-state index contributed by atoms with van der Waals surface area (Å²) in [4.78, 5) is 11.9. The molecule has 0 amide bonds. The summed E-state index contributed by atoms with van der Waals surface area (Å²) in [5.41, 5.74) is 0. The summed E-state index contributed by atoms with van der Waals surface area (Å²) in [5, 5.41) is 0. The number of fused-ring (bicyclic) bond motifs is 2. The Morgan fingerprint density at radius 2 is 2.27 bits per heavy atom. The average molecular weight is 208 g/mol. The Hall–Kier alpha value is -0.830. The maximum atomic E-state index is 11.9. The van der Waals surface area contributed by atoms with E-state index in [9.17, 15) is 4.79 Å². The standard InChI is InChI=1S/C12H16O3/c13-12(15-11-2-1-5-14-11)10-7-8-3-4-9(10)6-8/h3-4,8-11H,1-2,5-7H2/t8-,9-,10+,11+/m0/s1. The van der Waals surface area contributed by atoms with E-state index >= 15 is 0 Å². The van der Waals surface area contributed by atoms with E-state index in [1.54, 1.807) is 0 Å². The molecule has 0 N–H and O–H groups in total. The molecule has 2 aliphatic carbocycles. The summed E-state index contributed by atoms with van der Waals surface area (Å²) in [6, 6.07) is 0. The molecule has 1 heterocycles. The van der Waals surface area contributed by atoms with E-state index < -0.39 is 0 Å². The molecule has 82 valence electrons. The van der Waals surface area contributed by atoms with E-state index in [2.05, 4.69) is 12.2 Å². The van der Waals surface area contributed by atoms with Crippen LogP contribution in [0, 0.1) is 17.8 Å². The molecule has 3 aliphatic rings. The van der Waals surface area contributed by atoms with Crippen LogP contribution in [0.4, 0.5) is 0 Å². The molecule has 2 bridgehead atoms. The zero-order valence-corrected chi connectivity index (χ0v) is 8.72. The first kappa shape index (κ1) is 9.40. The summed E-state index contributed by atoms with van der Waals surface area (Å²) in [6.45, 7) is 0.731. The minimum absolute atomic E-state index is 0.0428. The summed E-state index contributed by atoms with van der Waals surface area (Å²) in [6.07, 6.45) is 8.14. The fourth-order valence-electron chi connectivity index (χ4n) is 2.91. The third-order valence-electron chi connectivity index (χ3n) is 3.72. The number of rotatable bonds is 2. The third kappa shape index (κ3) is 1.69. The number of hydrogen-bond donors (Lipinski definition) is 0. The molecule has 0 spiro atoms. The van der Waals surface area contributed by atoms with Crippen LogP contribution in [-0.2, 0) is 14.3 Å². The molecule has 2 fully saturated rings. The first-order valence-electron chi connectivity index (χ1n) is 5.83. The Balaban J connectivity index is 1.58. The molecule has 4 atom stereocenters. The minimum Gasteiger partial charge on any atom is -0.436 e. The second-order valence-corrected chi connectivity index (χ2v) is 4.77. The average Bonchev–Trinajstić information content (AvgIpc) is 2.93. The molecule has 0 aromatic rings. The van der Waals surface area contributed by atoms with E-state index in [0.29, 0.717) is 11.8 Å². The maximum absolute atomic E-state index is 11.9. The first-order chi connectivity index (χ1) is 7.33. The van der Waals surface area contributed by atoms with Crippen molar-refractivity contribution in [1.82, 2.24) is 0 Å². The Kier molecular flexibility index (Phi) is 2.28. The summed E-state index contributed by atoms with van der Waals surface area (Å²) < 4.78 is 10.7. The number of allylic oxidation sites excluding steroid dienone is 2. The lowest BCUT2D eigenvalue weighted by Crippen LogP contribution is -2.26. The summed E-state index contributed by atoms with van der Waals surface area (Å²) >= 11 is 0. The normalized spacial score (nSPS) is 42.4. The van der Waals surface area contributed by atoms with Crippen LogP contribution in [0.3, 0.4) is 0 Å². The molecule has 3 heteroatoms. The first-order valence-corrected chi connectivity index (χ1v) is 5.83. The molecule has 3 rings (SSSR count). The van der Waals surface area contributed by atoms with Gasteiger partial charge in [-0.3, -0.25) is 4.79 Å². The van der Waals surface area contributed by atoms with Crippen LogP contribution in [0.1, 0.15) is 25.7 Å². The largest absolute Gasteiger partial charge is 0.436 e. The molecule has 0 aromatic heterocycles. The lowest BCUT2D eigenvalue weighted by Gasteiger charge is -2.19. The van der Waals surface area contributed by atoms with Crippen molar-refractivity contribution in [2.24, 2.45) is 17.8 Å². The van der Waals surface area contributed by atoms with Gasteiger partial charge >= 0.3 is 5.97 Å². The highest BCUT2D eigenvalue weighted by Gasteiger charge is 2.41. The summed E-state index contributed by atoms with van der Waals surface area (Å²) in [7, 11) is 0. The van der Waals surface area contributed by atoms with Crippen molar-refractivity contribution >= 4 is 5.97 Å². The quantitative estimate of drug-likeness (QED) is 0.513. The molecule has 0 unspecified atom stereocenters. The monoisotopic (exact) mass is 208 g/mol. The second kappa shape index (κ2) is 3.63. The highest BCUT2D eigenvalue weighted by molar-refractivity contribution is 5.74. The van der Waals surface area contributed by atoms with E-state index in [0.717, 1.165) is 32.3 Å². The van der Waals surface area contributed by atoms with Gasteiger partial charge in [-0.05, 0) is 31.1 Å². The van der Waals surface area contributed by atoms with Gasteiger partial charge in [-0.1, -0.05) is 12.2 Å². The van der Waals surface area contributed by atoms with Crippen LogP contribution in [-0.4, -0.2) is 18.9 Å². The Bertz CT molecular complexity index is 291. The highest BCUT2D eigenvalue weighted by Crippen LogP contribution is 2.44. The van der Waals surface area contributed by atoms with E-state index in [4.69, 9.17) is 9.47 Å². The van der Waals surface area contributed by atoms with Crippen molar-refractivity contribution in [3.63, 3.8) is 0 Å². The predicted molar refractivity (Wildman–Crippen MR) is 53.9 cm³/mol. The van der Waals surface area contributed by atoms with Crippen molar-refractivity contribution < 1.29 is 14.3 Å². The van der Waals surface area contributed by atoms with Gasteiger partial charge in [-0.15, -0.1) is 0 Å². The molecule has 3 nitrogen and oxygen atoms in total. The van der Waals surface area contributed by atoms with Gasteiger partial charge in [0.15, 0.2) is 0 Å². The van der Waals surface area contributed by atoms with Gasteiger partial charge in [-0.25, -0.2) is 0 Å². The topological polar surface area (TPSA) is 35.5 Å². The molecular formula is C12H16O3. The van der Waals surface area contributed by atoms with Gasteiger partial charge in [0, 0.05) is 6.42 Å². The Morgan fingerprint density at radius 3 is 2.87 bits per heavy atom. The molecule has 1 saturated heterocycles. The highest BCUT2D eigenvalue weighted by atomic mass is 16.7. The van der Waals surface area contributed by atoms with E-state index in [1.165, 1.54) is 0 Å². The Morgan fingerprint density at radius 1 is 1.33 bits per heavy atom. The third-order valence-corrected chi connectivity index (χ3v) is 3.72. The minimum atomic E-state index is -0.263. The lowest BCUT2D eigenvalue weighted by atomic mass is 9.94. The van der Waals surface area contributed by atoms with Crippen LogP contribution in [0.15, 0.2) is 12.2 Å². The maximum Gasteiger partial charge on any atom is 0.311 e. The van der Waals surface area contributed by atoms with Crippen molar-refractivity contribution in [2.75, 3.05) is 6.61 Å². The van der Waals surface area contributed by atoms with Gasteiger partial charge in [0.2, 0.25) is 6.29 Å². The number of ether oxygens (including phenoxy) is 2. The molecule has 1 saturated carbocycles. The fraction of sp³-hybridized carbons (Fsp3) is 0.750. The fourth-order valence-corrected chi connectivity index (χ4v) is 2.91. The number of carbonyl (C=O) groups excluding carboxylic acids is 1. The Labute approximate surface area is 89.4 Å². The van der Waals surface area contributed by atoms with Crippen LogP contribution in [0.25, 0.3) is 0 Å². The zero-order valence-electron chi connectivity index (χ0n) is 8.72. The van der Waals surface area contributed by atoms with Gasteiger partial charge in [0.05, 0.1) is 12.5 Å². The van der Waals surface area contributed by atoms with E-state index in [-0.39, 0.29) is 18.2 Å². The zero-order chi connectivity index (χ0) is 10.3. The SMILES string of the molecule is O=C(O[C@@H]1CCCO1)[C@@H]1C[C@H]2C=C[C@H]1C2. The van der Waals surface area contributed by atoms with Crippen LogP contribution in [0.5, 0.6) is 0 Å². The van der Waals surface area contributed by atoms with Crippen molar-refractivity contribution in [1.29, 1.82) is 0 Å². The van der Waals surface area contributed by atoms with Gasteiger partial charge < -0.3 is 9.47 Å². The molecular weight excluding hydrogens is 192 g/mol. The molecule has 0 radical (unpaired) electrons.